The van der Waals surface area contributed by atoms with Gasteiger partial charge in [0, 0.05) is 18.0 Å². The minimum atomic E-state index is -0.865. The summed E-state index contributed by atoms with van der Waals surface area (Å²) in [7, 11) is 0. The Hall–Kier alpha value is -1.16. The highest BCUT2D eigenvalue weighted by Gasteiger charge is 2.26. The van der Waals surface area contributed by atoms with E-state index in [1.54, 1.807) is 0 Å². The van der Waals surface area contributed by atoms with Gasteiger partial charge in [0.05, 0.1) is 5.56 Å². The van der Waals surface area contributed by atoms with Crippen LogP contribution < -0.4 is 5.32 Å². The second-order valence-corrected chi connectivity index (χ2v) is 5.87. The summed E-state index contributed by atoms with van der Waals surface area (Å²) in [6.07, 6.45) is 0.583. The SMILES string of the molecule is CC(C)(C)C(CCCl)NC(=O)c1ccc(F)cc1F. The quantitative estimate of drug-likeness (QED) is 0.841. The topological polar surface area (TPSA) is 29.1 Å². The fourth-order valence-corrected chi connectivity index (χ4v) is 1.96. The van der Waals surface area contributed by atoms with E-state index in [4.69, 9.17) is 11.6 Å². The number of hydrogen-bond donors (Lipinski definition) is 1. The highest BCUT2D eigenvalue weighted by molar-refractivity contribution is 6.17. The molecule has 0 heterocycles. The number of amides is 1. The molecular formula is C14H18ClF2NO. The van der Waals surface area contributed by atoms with Crippen molar-refractivity contribution in [1.29, 1.82) is 0 Å². The average molecular weight is 290 g/mol. The van der Waals surface area contributed by atoms with Crippen molar-refractivity contribution in [3.05, 3.63) is 35.4 Å². The molecule has 0 aliphatic carbocycles. The van der Waals surface area contributed by atoms with Crippen molar-refractivity contribution < 1.29 is 13.6 Å². The molecule has 0 aromatic heterocycles. The van der Waals surface area contributed by atoms with Crippen LogP contribution in [0.15, 0.2) is 18.2 Å². The van der Waals surface area contributed by atoms with E-state index in [2.05, 4.69) is 5.32 Å². The van der Waals surface area contributed by atoms with Crippen LogP contribution in [0.1, 0.15) is 37.6 Å². The summed E-state index contributed by atoms with van der Waals surface area (Å²) < 4.78 is 26.3. The van der Waals surface area contributed by atoms with Gasteiger partial charge in [0.15, 0.2) is 0 Å². The van der Waals surface area contributed by atoms with E-state index < -0.39 is 17.5 Å². The number of benzene rings is 1. The first-order valence-corrected chi connectivity index (χ1v) is 6.61. The van der Waals surface area contributed by atoms with Crippen molar-refractivity contribution in [1.82, 2.24) is 5.32 Å². The Balaban J connectivity index is 2.88. The minimum Gasteiger partial charge on any atom is -0.349 e. The molecular weight excluding hydrogens is 272 g/mol. The number of carbonyl (C=O) groups is 1. The molecule has 1 aromatic carbocycles. The molecule has 1 atom stereocenters. The lowest BCUT2D eigenvalue weighted by molar-refractivity contribution is 0.0896. The molecule has 1 N–H and O–H groups in total. The fraction of sp³-hybridized carbons (Fsp3) is 0.500. The first-order valence-electron chi connectivity index (χ1n) is 6.07. The van der Waals surface area contributed by atoms with Crippen molar-refractivity contribution in [3.63, 3.8) is 0 Å². The van der Waals surface area contributed by atoms with E-state index in [0.717, 1.165) is 12.1 Å². The summed E-state index contributed by atoms with van der Waals surface area (Å²) in [5.74, 6) is -1.73. The molecule has 0 spiro atoms. The molecule has 0 bridgehead atoms. The molecule has 1 aromatic rings. The van der Waals surface area contributed by atoms with Gasteiger partial charge in [0.2, 0.25) is 0 Å². The van der Waals surface area contributed by atoms with Gasteiger partial charge in [-0.15, -0.1) is 11.6 Å². The summed E-state index contributed by atoms with van der Waals surface area (Å²) in [5.41, 5.74) is -0.355. The van der Waals surface area contributed by atoms with Gasteiger partial charge in [-0.3, -0.25) is 4.79 Å². The van der Waals surface area contributed by atoms with E-state index in [1.165, 1.54) is 0 Å². The van der Waals surface area contributed by atoms with Crippen LogP contribution in [0.5, 0.6) is 0 Å². The number of alkyl halides is 1. The summed E-state index contributed by atoms with van der Waals surface area (Å²) in [5, 5.41) is 2.75. The van der Waals surface area contributed by atoms with Gasteiger partial charge in [-0.1, -0.05) is 20.8 Å². The number of carbonyl (C=O) groups excluding carboxylic acids is 1. The van der Waals surface area contributed by atoms with Crippen molar-refractivity contribution in [2.75, 3.05) is 5.88 Å². The highest BCUT2D eigenvalue weighted by atomic mass is 35.5. The third kappa shape index (κ3) is 4.46. The highest BCUT2D eigenvalue weighted by Crippen LogP contribution is 2.23. The van der Waals surface area contributed by atoms with Crippen molar-refractivity contribution >= 4 is 17.5 Å². The van der Waals surface area contributed by atoms with Crippen LogP contribution in [0.4, 0.5) is 8.78 Å². The Kier molecular flexibility index (Phi) is 5.29. The van der Waals surface area contributed by atoms with E-state index in [9.17, 15) is 13.6 Å². The van der Waals surface area contributed by atoms with Gasteiger partial charge >= 0.3 is 0 Å². The number of hydrogen-bond acceptors (Lipinski definition) is 1. The van der Waals surface area contributed by atoms with Crippen LogP contribution >= 0.6 is 11.6 Å². The zero-order valence-electron chi connectivity index (χ0n) is 11.3. The Labute approximate surface area is 117 Å². The van der Waals surface area contributed by atoms with E-state index in [-0.39, 0.29) is 17.0 Å². The molecule has 0 radical (unpaired) electrons. The summed E-state index contributed by atoms with van der Waals surface area (Å²) >= 11 is 5.71. The molecule has 1 unspecified atom stereocenters. The monoisotopic (exact) mass is 289 g/mol. The number of halogens is 3. The van der Waals surface area contributed by atoms with E-state index in [0.29, 0.717) is 18.4 Å². The zero-order valence-corrected chi connectivity index (χ0v) is 12.0. The van der Waals surface area contributed by atoms with Crippen LogP contribution in [-0.2, 0) is 0 Å². The van der Waals surface area contributed by atoms with Crippen molar-refractivity contribution in [2.45, 2.75) is 33.2 Å². The molecule has 0 saturated carbocycles. The lowest BCUT2D eigenvalue weighted by Crippen LogP contribution is -2.44. The van der Waals surface area contributed by atoms with Crippen molar-refractivity contribution in [3.8, 4) is 0 Å². The standard InChI is InChI=1S/C14H18ClF2NO/c1-14(2,3)12(6-7-15)18-13(19)10-5-4-9(16)8-11(10)17/h4-5,8,12H,6-7H2,1-3H3,(H,18,19). The Morgan fingerprint density at radius 1 is 1.37 bits per heavy atom. The smallest absolute Gasteiger partial charge is 0.254 e. The maximum absolute atomic E-state index is 13.5. The normalized spacial score (nSPS) is 13.2. The number of nitrogens with one attached hydrogen (secondary N) is 1. The predicted molar refractivity (Wildman–Crippen MR) is 72.4 cm³/mol. The molecule has 0 saturated heterocycles. The largest absolute Gasteiger partial charge is 0.349 e. The molecule has 1 amide bonds. The maximum atomic E-state index is 13.5. The van der Waals surface area contributed by atoms with Crippen LogP contribution in [0.25, 0.3) is 0 Å². The third-order valence-electron chi connectivity index (χ3n) is 2.92. The average Bonchev–Trinajstić information content (AvgIpc) is 2.26. The third-order valence-corrected chi connectivity index (χ3v) is 3.14. The molecule has 0 aliphatic rings. The van der Waals surface area contributed by atoms with Gasteiger partial charge < -0.3 is 5.32 Å². The molecule has 0 aliphatic heterocycles. The van der Waals surface area contributed by atoms with Gasteiger partial charge in [-0.25, -0.2) is 8.78 Å². The first kappa shape index (κ1) is 15.9. The van der Waals surface area contributed by atoms with Crippen LogP contribution in [0.2, 0.25) is 0 Å². The number of rotatable bonds is 4. The predicted octanol–water partition coefficient (Wildman–Crippen LogP) is 3.74. The van der Waals surface area contributed by atoms with Gasteiger partial charge in [0.25, 0.3) is 5.91 Å². The molecule has 1 rings (SSSR count). The van der Waals surface area contributed by atoms with Crippen LogP contribution in [-0.4, -0.2) is 17.8 Å². The summed E-state index contributed by atoms with van der Waals surface area (Å²) in [4.78, 5) is 12.0. The minimum absolute atomic E-state index is 0.162. The maximum Gasteiger partial charge on any atom is 0.254 e. The van der Waals surface area contributed by atoms with Crippen molar-refractivity contribution in [2.24, 2.45) is 5.41 Å². The Morgan fingerprint density at radius 3 is 2.47 bits per heavy atom. The molecule has 2 nitrogen and oxygen atoms in total. The molecule has 19 heavy (non-hydrogen) atoms. The second-order valence-electron chi connectivity index (χ2n) is 5.49. The second kappa shape index (κ2) is 6.33. The van der Waals surface area contributed by atoms with Gasteiger partial charge in [-0.2, -0.15) is 0 Å². The van der Waals surface area contributed by atoms with E-state index in [1.807, 2.05) is 20.8 Å². The van der Waals surface area contributed by atoms with Gasteiger partial charge in [-0.05, 0) is 24.0 Å². The lowest BCUT2D eigenvalue weighted by atomic mass is 9.85. The Bertz CT molecular complexity index is 457. The lowest BCUT2D eigenvalue weighted by Gasteiger charge is -2.31. The summed E-state index contributed by atoms with van der Waals surface area (Å²) in [6.45, 7) is 5.89. The van der Waals surface area contributed by atoms with Crippen LogP contribution in [0.3, 0.4) is 0 Å². The fourth-order valence-electron chi connectivity index (χ4n) is 1.74. The summed E-state index contributed by atoms with van der Waals surface area (Å²) in [6, 6.07) is 2.72. The van der Waals surface area contributed by atoms with E-state index >= 15 is 0 Å². The molecule has 5 heteroatoms. The molecule has 106 valence electrons. The molecule has 0 fully saturated rings. The first-order chi connectivity index (χ1) is 8.75. The Morgan fingerprint density at radius 2 is 2.00 bits per heavy atom. The zero-order chi connectivity index (χ0) is 14.6. The van der Waals surface area contributed by atoms with Gasteiger partial charge in [0.1, 0.15) is 11.6 Å². The van der Waals surface area contributed by atoms with Crippen LogP contribution in [0, 0.1) is 17.0 Å².